The van der Waals surface area contributed by atoms with Gasteiger partial charge in [0.2, 0.25) is 0 Å². The minimum absolute atomic E-state index is 0.241. The fraction of sp³-hybridized carbons (Fsp3) is 0.312. The van der Waals surface area contributed by atoms with E-state index in [-0.39, 0.29) is 11.9 Å². The van der Waals surface area contributed by atoms with Crippen LogP contribution in [-0.4, -0.2) is 11.5 Å². The Kier molecular flexibility index (Phi) is 5.70. The molecule has 0 aliphatic rings. The van der Waals surface area contributed by atoms with E-state index in [1.807, 2.05) is 12.1 Å². The van der Waals surface area contributed by atoms with Gasteiger partial charge in [0.25, 0.3) is 0 Å². The van der Waals surface area contributed by atoms with Crippen molar-refractivity contribution < 1.29 is 9.13 Å². The largest absolute Gasteiger partial charge is 0.454 e. The zero-order valence-corrected chi connectivity index (χ0v) is 13.7. The maximum absolute atomic E-state index is 13.2. The van der Waals surface area contributed by atoms with Gasteiger partial charge in [-0.05, 0) is 53.2 Å². The minimum atomic E-state index is -0.337. The summed E-state index contributed by atoms with van der Waals surface area (Å²) in [5, 5.41) is 3.37. The molecular weight excluding hydrogens is 335 g/mol. The van der Waals surface area contributed by atoms with Crippen molar-refractivity contribution in [2.75, 3.05) is 6.54 Å². The number of halogens is 2. The first kappa shape index (κ1) is 15.9. The van der Waals surface area contributed by atoms with Gasteiger partial charge in [0.05, 0.1) is 16.4 Å². The lowest BCUT2D eigenvalue weighted by molar-refractivity contribution is 0.468. The van der Waals surface area contributed by atoms with Crippen molar-refractivity contribution in [1.29, 1.82) is 0 Å². The van der Waals surface area contributed by atoms with Crippen molar-refractivity contribution in [1.82, 2.24) is 10.3 Å². The van der Waals surface area contributed by atoms with Crippen LogP contribution in [0.2, 0.25) is 0 Å². The van der Waals surface area contributed by atoms with E-state index in [0.29, 0.717) is 16.0 Å². The van der Waals surface area contributed by atoms with Crippen molar-refractivity contribution >= 4 is 15.9 Å². The molecule has 1 atom stereocenters. The Hall–Kier alpha value is -1.46. The molecule has 1 unspecified atom stereocenters. The summed E-state index contributed by atoms with van der Waals surface area (Å²) in [6.45, 7) is 5.08. The van der Waals surface area contributed by atoms with Crippen LogP contribution in [-0.2, 0) is 0 Å². The van der Waals surface area contributed by atoms with Gasteiger partial charge in [-0.25, -0.2) is 4.39 Å². The fourth-order valence-corrected chi connectivity index (χ4v) is 2.37. The SMILES string of the molecule is CCNC(CC)c1ccc(Oc2cc(F)ccc2Br)cn1. The monoisotopic (exact) mass is 352 g/mol. The molecule has 3 nitrogen and oxygen atoms in total. The van der Waals surface area contributed by atoms with Gasteiger partial charge in [0.15, 0.2) is 0 Å². The molecular formula is C16H18BrFN2O. The van der Waals surface area contributed by atoms with E-state index in [1.165, 1.54) is 12.1 Å². The third-order valence-electron chi connectivity index (χ3n) is 3.10. The van der Waals surface area contributed by atoms with Crippen molar-refractivity contribution in [3.8, 4) is 11.5 Å². The van der Waals surface area contributed by atoms with Crippen molar-refractivity contribution in [2.45, 2.75) is 26.3 Å². The van der Waals surface area contributed by atoms with Gasteiger partial charge >= 0.3 is 0 Å². The Morgan fingerprint density at radius 1 is 1.29 bits per heavy atom. The first-order valence-corrected chi connectivity index (χ1v) is 7.75. The number of hydrogen-bond donors (Lipinski definition) is 1. The van der Waals surface area contributed by atoms with Gasteiger partial charge in [-0.2, -0.15) is 0 Å². The lowest BCUT2D eigenvalue weighted by atomic mass is 10.1. The molecule has 0 saturated carbocycles. The lowest BCUT2D eigenvalue weighted by Gasteiger charge is -2.15. The third kappa shape index (κ3) is 4.25. The second-order valence-corrected chi connectivity index (χ2v) is 5.47. The summed E-state index contributed by atoms with van der Waals surface area (Å²) < 4.78 is 19.6. The Morgan fingerprint density at radius 2 is 2.10 bits per heavy atom. The van der Waals surface area contributed by atoms with Crippen LogP contribution in [0.5, 0.6) is 11.5 Å². The molecule has 2 aromatic rings. The van der Waals surface area contributed by atoms with Crippen LogP contribution in [0.4, 0.5) is 4.39 Å². The van der Waals surface area contributed by atoms with Gasteiger partial charge in [0, 0.05) is 12.1 Å². The fourth-order valence-electron chi connectivity index (χ4n) is 2.05. The van der Waals surface area contributed by atoms with Gasteiger partial charge in [0.1, 0.15) is 17.3 Å². The van der Waals surface area contributed by atoms with Crippen LogP contribution >= 0.6 is 15.9 Å². The number of nitrogens with zero attached hydrogens (tertiary/aromatic N) is 1. The summed E-state index contributed by atoms with van der Waals surface area (Å²) in [4.78, 5) is 4.42. The standard InChI is InChI=1S/C16H18BrFN2O/c1-3-14(19-4-2)15-8-6-12(10-20-15)21-16-9-11(18)5-7-13(16)17/h5-10,14,19H,3-4H2,1-2H3. The summed E-state index contributed by atoms with van der Waals surface area (Å²) in [6.07, 6.45) is 2.63. The maximum Gasteiger partial charge on any atom is 0.145 e. The first-order valence-electron chi connectivity index (χ1n) is 6.96. The molecule has 1 aromatic carbocycles. The van der Waals surface area contributed by atoms with E-state index >= 15 is 0 Å². The Balaban J connectivity index is 2.13. The Morgan fingerprint density at radius 3 is 2.71 bits per heavy atom. The van der Waals surface area contributed by atoms with Crippen LogP contribution in [0.25, 0.3) is 0 Å². The van der Waals surface area contributed by atoms with Gasteiger partial charge in [-0.1, -0.05) is 13.8 Å². The molecule has 0 bridgehead atoms. The summed E-state index contributed by atoms with van der Waals surface area (Å²) in [5.74, 6) is 0.677. The molecule has 21 heavy (non-hydrogen) atoms. The molecule has 5 heteroatoms. The summed E-state index contributed by atoms with van der Waals surface area (Å²) in [5.41, 5.74) is 0.977. The molecule has 112 valence electrons. The van der Waals surface area contributed by atoms with E-state index in [9.17, 15) is 4.39 Å². The summed E-state index contributed by atoms with van der Waals surface area (Å²) in [7, 11) is 0. The van der Waals surface area contributed by atoms with Crippen molar-refractivity contribution in [3.63, 3.8) is 0 Å². The summed E-state index contributed by atoms with van der Waals surface area (Å²) >= 11 is 3.34. The number of pyridine rings is 1. The lowest BCUT2D eigenvalue weighted by Crippen LogP contribution is -2.20. The number of nitrogens with one attached hydrogen (secondary N) is 1. The summed E-state index contributed by atoms with van der Waals surface area (Å²) in [6, 6.07) is 8.35. The van der Waals surface area contributed by atoms with E-state index in [2.05, 4.69) is 40.1 Å². The smallest absolute Gasteiger partial charge is 0.145 e. The molecule has 0 amide bonds. The molecule has 0 aliphatic carbocycles. The molecule has 0 fully saturated rings. The van der Waals surface area contributed by atoms with Gasteiger partial charge in [-0.3, -0.25) is 4.98 Å². The second-order valence-electron chi connectivity index (χ2n) is 4.61. The van der Waals surface area contributed by atoms with Crippen LogP contribution < -0.4 is 10.1 Å². The van der Waals surface area contributed by atoms with E-state index in [4.69, 9.17) is 4.74 Å². The average molecular weight is 353 g/mol. The average Bonchev–Trinajstić information content (AvgIpc) is 2.49. The molecule has 0 radical (unpaired) electrons. The third-order valence-corrected chi connectivity index (χ3v) is 3.75. The van der Waals surface area contributed by atoms with Crippen molar-refractivity contribution in [3.05, 3.63) is 52.5 Å². The van der Waals surface area contributed by atoms with E-state index < -0.39 is 0 Å². The number of rotatable bonds is 6. The molecule has 1 N–H and O–H groups in total. The molecule has 1 heterocycles. The van der Waals surface area contributed by atoms with Gasteiger partial charge in [-0.15, -0.1) is 0 Å². The van der Waals surface area contributed by atoms with Crippen LogP contribution in [0.15, 0.2) is 41.0 Å². The van der Waals surface area contributed by atoms with Crippen molar-refractivity contribution in [2.24, 2.45) is 0 Å². The highest BCUT2D eigenvalue weighted by Gasteiger charge is 2.10. The van der Waals surface area contributed by atoms with Gasteiger partial charge < -0.3 is 10.1 Å². The number of ether oxygens (including phenoxy) is 1. The molecule has 1 aromatic heterocycles. The highest BCUT2D eigenvalue weighted by molar-refractivity contribution is 9.10. The highest BCUT2D eigenvalue weighted by atomic mass is 79.9. The quantitative estimate of drug-likeness (QED) is 0.807. The number of aromatic nitrogens is 1. The number of benzene rings is 1. The topological polar surface area (TPSA) is 34.1 Å². The predicted molar refractivity (Wildman–Crippen MR) is 85.1 cm³/mol. The van der Waals surface area contributed by atoms with E-state index in [1.54, 1.807) is 12.3 Å². The molecule has 0 spiro atoms. The maximum atomic E-state index is 13.2. The second kappa shape index (κ2) is 7.52. The van der Waals surface area contributed by atoms with E-state index in [0.717, 1.165) is 18.7 Å². The Labute approximate surface area is 132 Å². The zero-order valence-electron chi connectivity index (χ0n) is 12.1. The Bertz CT molecular complexity index is 589. The minimum Gasteiger partial charge on any atom is -0.454 e. The molecule has 0 saturated heterocycles. The van der Waals surface area contributed by atoms with Crippen LogP contribution in [0, 0.1) is 5.82 Å². The van der Waals surface area contributed by atoms with Crippen LogP contribution in [0.3, 0.4) is 0 Å². The zero-order chi connectivity index (χ0) is 15.2. The van der Waals surface area contributed by atoms with Crippen LogP contribution in [0.1, 0.15) is 32.0 Å². The predicted octanol–water partition coefficient (Wildman–Crippen LogP) is 4.84. The number of hydrogen-bond acceptors (Lipinski definition) is 3. The highest BCUT2D eigenvalue weighted by Crippen LogP contribution is 2.30. The first-order chi connectivity index (χ1) is 10.1. The molecule has 0 aliphatic heterocycles. The molecule has 2 rings (SSSR count). The normalized spacial score (nSPS) is 12.2.